The van der Waals surface area contributed by atoms with Crippen molar-refractivity contribution in [3.63, 3.8) is 0 Å². The molecular weight excluding hydrogens is 356 g/mol. The van der Waals surface area contributed by atoms with Gasteiger partial charge in [0.05, 0.1) is 12.6 Å². The molecule has 0 aromatic heterocycles. The Morgan fingerprint density at radius 1 is 1.44 bits per heavy atom. The predicted molar refractivity (Wildman–Crippen MR) is 83.7 cm³/mol. The van der Waals surface area contributed by atoms with E-state index in [9.17, 15) is 13.8 Å². The summed E-state index contributed by atoms with van der Waals surface area (Å²) in [5.74, 6) is -0.236. The van der Waals surface area contributed by atoms with Crippen LogP contribution in [0.3, 0.4) is 0 Å². The van der Waals surface area contributed by atoms with Crippen LogP contribution in [0.15, 0.2) is 0 Å². The molecule has 0 aliphatic carbocycles. The lowest BCUT2D eigenvalue weighted by Crippen LogP contribution is -2.50. The third-order valence-electron chi connectivity index (χ3n) is 4.80. The lowest BCUT2D eigenvalue weighted by atomic mass is 10.0. The second-order valence-corrected chi connectivity index (χ2v) is 7.05. The summed E-state index contributed by atoms with van der Waals surface area (Å²) in [6.45, 7) is 1.36. The van der Waals surface area contributed by atoms with Gasteiger partial charge in [-0.25, -0.2) is 10.3 Å². The summed E-state index contributed by atoms with van der Waals surface area (Å²) >= 11 is -2.59. The summed E-state index contributed by atoms with van der Waals surface area (Å²) in [6, 6.07) is -1.59. The van der Waals surface area contributed by atoms with E-state index in [0.29, 0.717) is 19.4 Å². The molecule has 3 rings (SSSR count). The Labute approximate surface area is 147 Å². The molecule has 3 fully saturated rings. The van der Waals surface area contributed by atoms with E-state index in [2.05, 4.69) is 15.1 Å². The minimum absolute atomic E-state index is 0.0602. The fraction of sp³-hybridized carbons (Fsp3) is 0.846. The van der Waals surface area contributed by atoms with Gasteiger partial charge in [-0.1, -0.05) is 0 Å². The van der Waals surface area contributed by atoms with Crippen LogP contribution in [-0.2, 0) is 25.3 Å². The third-order valence-corrected chi connectivity index (χ3v) is 5.09. The fourth-order valence-electron chi connectivity index (χ4n) is 3.52. The number of amides is 3. The van der Waals surface area contributed by atoms with E-state index >= 15 is 0 Å². The van der Waals surface area contributed by atoms with Crippen LogP contribution in [0.5, 0.6) is 0 Å². The van der Waals surface area contributed by atoms with Crippen LogP contribution in [0, 0.1) is 5.92 Å². The van der Waals surface area contributed by atoms with Crippen molar-refractivity contribution in [2.45, 2.75) is 37.4 Å². The minimum Gasteiger partial charge on any atom is -0.396 e. The van der Waals surface area contributed by atoms with Crippen LogP contribution in [-0.4, -0.2) is 80.2 Å². The maximum absolute atomic E-state index is 12.3. The predicted octanol–water partition coefficient (Wildman–Crippen LogP) is -1.66. The first-order valence-corrected chi connectivity index (χ1v) is 9.17. The Morgan fingerprint density at radius 3 is 2.92 bits per heavy atom. The van der Waals surface area contributed by atoms with E-state index < -0.39 is 29.3 Å². The average Bonchev–Trinajstić information content (AvgIpc) is 3.14. The van der Waals surface area contributed by atoms with Crippen LogP contribution in [0.2, 0.25) is 0 Å². The fourth-order valence-corrected chi connectivity index (χ4v) is 3.84. The highest BCUT2D eigenvalue weighted by atomic mass is 32.2. The van der Waals surface area contributed by atoms with Gasteiger partial charge in [-0.15, -0.1) is 4.28 Å². The molecule has 0 saturated carbocycles. The summed E-state index contributed by atoms with van der Waals surface area (Å²) in [4.78, 5) is 31.1. The summed E-state index contributed by atoms with van der Waals surface area (Å²) in [7, 11) is 0. The van der Waals surface area contributed by atoms with Gasteiger partial charge in [-0.05, 0) is 25.2 Å². The third kappa shape index (κ3) is 4.10. The lowest BCUT2D eigenvalue weighted by molar-refractivity contribution is -0.139. The molecule has 3 aliphatic heterocycles. The summed E-state index contributed by atoms with van der Waals surface area (Å²) in [5.41, 5.74) is 2.37. The van der Waals surface area contributed by atoms with Crippen molar-refractivity contribution in [3.05, 3.63) is 0 Å². The van der Waals surface area contributed by atoms with Crippen molar-refractivity contribution in [1.82, 2.24) is 20.8 Å². The van der Waals surface area contributed by atoms with Crippen molar-refractivity contribution in [3.8, 4) is 0 Å². The number of rotatable bonds is 7. The zero-order chi connectivity index (χ0) is 18.0. The molecule has 142 valence electrons. The van der Waals surface area contributed by atoms with E-state index in [0.717, 1.165) is 11.5 Å². The molecule has 0 aromatic carbocycles. The number of hydrogen-bond donors (Lipinski definition) is 4. The molecule has 3 amide bonds. The maximum Gasteiger partial charge on any atom is 0.346 e. The normalized spacial score (nSPS) is 33.0. The van der Waals surface area contributed by atoms with Gasteiger partial charge in [0.1, 0.15) is 6.04 Å². The quantitative estimate of drug-likeness (QED) is 0.305. The van der Waals surface area contributed by atoms with Crippen LogP contribution >= 0.6 is 0 Å². The molecular formula is C13H22N4O7S. The number of nitrogens with zero attached hydrogens (tertiary/aromatic N) is 2. The Kier molecular flexibility index (Phi) is 5.86. The van der Waals surface area contributed by atoms with Gasteiger partial charge in [-0.3, -0.25) is 14.2 Å². The highest BCUT2D eigenvalue weighted by Gasteiger charge is 2.48. The van der Waals surface area contributed by atoms with Crippen LogP contribution in [0.1, 0.15) is 19.3 Å². The number of carbonyl (C=O) groups is 2. The SMILES string of the molecule is O=C(NOC[C@H]1C[C@@H](CO)CN1)C1CCC2CN1C(=O)N2OS(=O)O. The van der Waals surface area contributed by atoms with E-state index in [4.69, 9.17) is 14.5 Å². The Morgan fingerprint density at radius 2 is 2.24 bits per heavy atom. The highest BCUT2D eigenvalue weighted by molar-refractivity contribution is 7.74. The van der Waals surface area contributed by atoms with Gasteiger partial charge in [-0.2, -0.15) is 9.27 Å². The van der Waals surface area contributed by atoms with E-state index in [-0.39, 0.29) is 37.8 Å². The first kappa shape index (κ1) is 18.5. The van der Waals surface area contributed by atoms with E-state index in [1.165, 1.54) is 4.90 Å². The Hall–Kier alpha value is -1.31. The number of nitrogens with one attached hydrogen (secondary N) is 2. The zero-order valence-corrected chi connectivity index (χ0v) is 14.3. The molecule has 11 nitrogen and oxygen atoms in total. The van der Waals surface area contributed by atoms with Gasteiger partial charge in [0.2, 0.25) is 0 Å². The van der Waals surface area contributed by atoms with Gasteiger partial charge in [0, 0.05) is 25.7 Å². The first-order chi connectivity index (χ1) is 12.0. The molecule has 3 unspecified atom stereocenters. The first-order valence-electron chi connectivity index (χ1n) is 8.14. The molecule has 0 spiro atoms. The average molecular weight is 378 g/mol. The summed E-state index contributed by atoms with van der Waals surface area (Å²) < 4.78 is 24.2. The molecule has 3 aliphatic rings. The number of hydroxylamine groups is 3. The second kappa shape index (κ2) is 7.93. The summed E-state index contributed by atoms with van der Waals surface area (Å²) in [6.07, 6.45) is 1.67. The number of aliphatic hydroxyl groups excluding tert-OH is 1. The molecule has 12 heteroatoms. The van der Waals surface area contributed by atoms with Crippen LogP contribution in [0.4, 0.5) is 4.79 Å². The van der Waals surface area contributed by atoms with Crippen molar-refractivity contribution in [2.75, 3.05) is 26.3 Å². The summed E-state index contributed by atoms with van der Waals surface area (Å²) in [5, 5.41) is 13.1. The van der Waals surface area contributed by atoms with E-state index in [1.54, 1.807) is 0 Å². The van der Waals surface area contributed by atoms with Gasteiger partial charge in [0.15, 0.2) is 0 Å². The lowest BCUT2D eigenvalue weighted by Gasteiger charge is -2.29. The maximum atomic E-state index is 12.3. The van der Waals surface area contributed by atoms with Crippen LogP contribution < -0.4 is 10.8 Å². The number of carbonyl (C=O) groups excluding carboxylic acids is 2. The Balaban J connectivity index is 1.47. The number of hydrogen-bond acceptors (Lipinski definition) is 7. The van der Waals surface area contributed by atoms with Gasteiger partial charge < -0.3 is 15.3 Å². The molecule has 2 bridgehead atoms. The monoisotopic (exact) mass is 378 g/mol. The molecule has 0 radical (unpaired) electrons. The molecule has 3 saturated heterocycles. The smallest absolute Gasteiger partial charge is 0.346 e. The van der Waals surface area contributed by atoms with Crippen molar-refractivity contribution in [1.29, 1.82) is 0 Å². The number of urea groups is 1. The highest BCUT2D eigenvalue weighted by Crippen LogP contribution is 2.30. The molecule has 0 aromatic rings. The zero-order valence-electron chi connectivity index (χ0n) is 13.5. The van der Waals surface area contributed by atoms with Crippen molar-refractivity contribution < 1.29 is 32.6 Å². The number of aliphatic hydroxyl groups is 1. The molecule has 4 N–H and O–H groups in total. The molecule has 25 heavy (non-hydrogen) atoms. The molecule has 5 atom stereocenters. The van der Waals surface area contributed by atoms with Gasteiger partial charge in [0.25, 0.3) is 5.91 Å². The van der Waals surface area contributed by atoms with E-state index in [1.807, 2.05) is 0 Å². The van der Waals surface area contributed by atoms with Crippen molar-refractivity contribution in [2.24, 2.45) is 5.92 Å². The standard InChI is InChI=1S/C13H22N4O7S/c18-6-8-3-9(14-4-8)7-23-15-12(19)11-2-1-10-5-16(11)13(20)17(10)24-25(21)22/h8-11,14,18H,1-7H2,(H,15,19)(H,21,22)/t8-,9-,10?,11?/m1/s1. The topological polar surface area (TPSA) is 141 Å². The number of piperidine rings is 1. The second-order valence-electron chi connectivity index (χ2n) is 6.47. The van der Waals surface area contributed by atoms with Crippen LogP contribution in [0.25, 0.3) is 0 Å². The minimum atomic E-state index is -2.59. The number of fused-ring (bicyclic) bond motifs is 2. The Bertz CT molecular complexity index is 550. The molecule has 3 heterocycles. The van der Waals surface area contributed by atoms with Crippen molar-refractivity contribution >= 4 is 23.3 Å². The van der Waals surface area contributed by atoms with Gasteiger partial charge >= 0.3 is 17.4 Å². The largest absolute Gasteiger partial charge is 0.396 e.